The van der Waals surface area contributed by atoms with Crippen LogP contribution in [0.4, 0.5) is 0 Å². The standard InChI is InChI=1S/2C6H8O7.Ca.K.H2O/c2*7-3(8)1-6(13,5(11)12)2-4(9)10;;;/h2*13H,1-2H2,(H,7,8)(H,9,10)(H,11,12);;;1H2/q;;+2;+1;/p-3. The van der Waals surface area contributed by atoms with Crippen LogP contribution >= 0.6 is 0 Å². The molecule has 0 bridgehead atoms. The molecule has 0 unspecified atom stereocenters. The first-order valence-corrected chi connectivity index (χ1v) is 6.28. The number of carbonyl (C=O) groups excluding carboxylic acids is 3. The molecule has 0 aromatic rings. The summed E-state index contributed by atoms with van der Waals surface area (Å²) in [5.41, 5.74) is -5.71. The van der Waals surface area contributed by atoms with Gasteiger partial charge < -0.3 is 60.7 Å². The SMILES string of the molecule is O.O=C(O)CC(O)(CC(=O)O)C(=O)O.O=C([O-])CC(O)(CC(=O)[O-])C(=O)[O-].[Ca+2].[K+]. The van der Waals surface area contributed by atoms with Crippen LogP contribution in [0.5, 0.6) is 0 Å². The van der Waals surface area contributed by atoms with Crippen LogP contribution in [-0.2, 0) is 28.8 Å². The van der Waals surface area contributed by atoms with Crippen LogP contribution in [0.3, 0.4) is 0 Å². The topological polar surface area (TPSA) is 304 Å². The summed E-state index contributed by atoms with van der Waals surface area (Å²) in [6, 6.07) is 0. The van der Waals surface area contributed by atoms with Crippen molar-refractivity contribution in [1.82, 2.24) is 0 Å². The van der Waals surface area contributed by atoms with Crippen LogP contribution < -0.4 is 66.7 Å². The zero-order chi connectivity index (χ0) is 21.3. The van der Waals surface area contributed by atoms with Crippen molar-refractivity contribution in [1.29, 1.82) is 0 Å². The van der Waals surface area contributed by atoms with Crippen molar-refractivity contribution in [2.24, 2.45) is 0 Å². The summed E-state index contributed by atoms with van der Waals surface area (Å²) < 4.78 is 0. The molecule has 0 spiro atoms. The average Bonchev–Trinajstić information content (AvgIpc) is 2.34. The van der Waals surface area contributed by atoms with Crippen molar-refractivity contribution in [3.05, 3.63) is 0 Å². The fourth-order valence-electron chi connectivity index (χ4n) is 1.40. The molecule has 0 saturated heterocycles. The maximum Gasteiger partial charge on any atom is 2.00 e. The molecular formula is C12H15CaKO15. The van der Waals surface area contributed by atoms with E-state index in [9.17, 15) is 44.1 Å². The maximum atomic E-state index is 10.3. The number of rotatable bonds is 10. The Morgan fingerprint density at radius 3 is 1.07 bits per heavy atom. The summed E-state index contributed by atoms with van der Waals surface area (Å²) in [6.45, 7) is 0. The van der Waals surface area contributed by atoms with Crippen molar-refractivity contribution in [2.75, 3.05) is 0 Å². The van der Waals surface area contributed by atoms with Crippen LogP contribution in [0, 0.1) is 0 Å². The van der Waals surface area contributed by atoms with E-state index in [4.69, 9.17) is 25.5 Å². The van der Waals surface area contributed by atoms with Crippen molar-refractivity contribution >= 4 is 73.6 Å². The molecule has 0 fully saturated rings. The summed E-state index contributed by atoms with van der Waals surface area (Å²) in [5.74, 6) is -11.0. The van der Waals surface area contributed by atoms with Gasteiger partial charge in [0.15, 0.2) is 5.60 Å². The molecule has 29 heavy (non-hydrogen) atoms. The third-order valence-electron chi connectivity index (χ3n) is 2.54. The van der Waals surface area contributed by atoms with Crippen molar-refractivity contribution < 1.29 is 126 Å². The zero-order valence-corrected chi connectivity index (χ0v) is 20.3. The Balaban J connectivity index is -0.000000120. The fourth-order valence-corrected chi connectivity index (χ4v) is 1.40. The molecule has 0 aliphatic rings. The molecule has 0 heterocycles. The fraction of sp³-hybridized carbons (Fsp3) is 0.500. The number of hydrogen-bond donors (Lipinski definition) is 5. The number of carboxylic acids is 6. The third kappa shape index (κ3) is 18.1. The maximum absolute atomic E-state index is 10.3. The summed E-state index contributed by atoms with van der Waals surface area (Å²) in [5, 5.41) is 72.7. The van der Waals surface area contributed by atoms with Gasteiger partial charge in [0, 0.05) is 24.8 Å². The van der Waals surface area contributed by atoms with E-state index in [0.29, 0.717) is 0 Å². The van der Waals surface area contributed by atoms with E-state index in [-0.39, 0.29) is 94.6 Å². The quantitative estimate of drug-likeness (QED) is 0.182. The Bertz CT molecular complexity index is 520. The Morgan fingerprint density at radius 1 is 0.655 bits per heavy atom. The molecule has 17 heteroatoms. The number of carbonyl (C=O) groups is 6. The van der Waals surface area contributed by atoms with Crippen LogP contribution in [0.1, 0.15) is 25.7 Å². The monoisotopic (exact) mass is 478 g/mol. The molecule has 156 valence electrons. The minimum atomic E-state index is -2.97. The van der Waals surface area contributed by atoms with Crippen LogP contribution in [-0.4, -0.2) is 116 Å². The van der Waals surface area contributed by atoms with E-state index in [1.807, 2.05) is 0 Å². The normalized spacial score (nSPS) is 9.72. The third-order valence-corrected chi connectivity index (χ3v) is 2.54. The van der Waals surface area contributed by atoms with Crippen LogP contribution in [0.2, 0.25) is 0 Å². The first-order valence-electron chi connectivity index (χ1n) is 6.28. The Hall–Kier alpha value is -0.404. The van der Waals surface area contributed by atoms with Crippen molar-refractivity contribution in [3.63, 3.8) is 0 Å². The number of hydrogen-bond acceptors (Lipinski definition) is 11. The molecule has 0 atom stereocenters. The predicted molar refractivity (Wildman–Crippen MR) is 75.7 cm³/mol. The molecule has 15 nitrogen and oxygen atoms in total. The second-order valence-electron chi connectivity index (χ2n) is 4.89. The van der Waals surface area contributed by atoms with Gasteiger partial charge in [-0.15, -0.1) is 0 Å². The van der Waals surface area contributed by atoms with Crippen LogP contribution in [0.15, 0.2) is 0 Å². The van der Waals surface area contributed by atoms with Gasteiger partial charge in [-0.25, -0.2) is 4.79 Å². The summed E-state index contributed by atoms with van der Waals surface area (Å²) in [7, 11) is 0. The van der Waals surface area contributed by atoms with E-state index in [1.54, 1.807) is 0 Å². The molecular weight excluding hydrogens is 463 g/mol. The smallest absolute Gasteiger partial charge is 0.550 e. The van der Waals surface area contributed by atoms with E-state index >= 15 is 0 Å². The van der Waals surface area contributed by atoms with Gasteiger partial charge in [-0.2, -0.15) is 0 Å². The molecule has 7 N–H and O–H groups in total. The largest absolute Gasteiger partial charge is 2.00 e. The van der Waals surface area contributed by atoms with Gasteiger partial charge in [-0.3, -0.25) is 9.59 Å². The van der Waals surface area contributed by atoms with E-state index in [1.165, 1.54) is 0 Å². The minimum Gasteiger partial charge on any atom is -0.550 e. The number of carboxylic acid groups (broad SMARTS) is 6. The second kappa shape index (κ2) is 17.3. The number of aliphatic hydroxyl groups is 2. The molecule has 0 amide bonds. The zero-order valence-electron chi connectivity index (χ0n) is 14.9. The Morgan fingerprint density at radius 2 is 0.931 bits per heavy atom. The van der Waals surface area contributed by atoms with Gasteiger partial charge >= 0.3 is 107 Å². The van der Waals surface area contributed by atoms with E-state index in [0.717, 1.165) is 0 Å². The molecule has 0 rings (SSSR count). The van der Waals surface area contributed by atoms with Gasteiger partial charge in [0.25, 0.3) is 0 Å². The van der Waals surface area contributed by atoms with Crippen molar-refractivity contribution in [3.8, 4) is 0 Å². The average molecular weight is 478 g/mol. The summed E-state index contributed by atoms with van der Waals surface area (Å²) in [6.07, 6.45) is -5.00. The minimum absolute atomic E-state index is 0. The first-order chi connectivity index (χ1) is 11.6. The van der Waals surface area contributed by atoms with E-state index < -0.39 is 72.7 Å². The molecule has 0 aromatic heterocycles. The molecule has 0 aromatic carbocycles. The van der Waals surface area contributed by atoms with Gasteiger partial charge in [0.2, 0.25) is 0 Å². The second-order valence-corrected chi connectivity index (χ2v) is 4.89. The first kappa shape index (κ1) is 39.1. The Kier molecular flexibility index (Phi) is 23.3. The Labute approximate surface area is 234 Å². The molecule has 0 radical (unpaired) electrons. The van der Waals surface area contributed by atoms with Gasteiger partial charge in [0.1, 0.15) is 5.60 Å². The van der Waals surface area contributed by atoms with Gasteiger partial charge in [-0.05, 0) is 0 Å². The number of aliphatic carboxylic acids is 6. The van der Waals surface area contributed by atoms with Gasteiger partial charge in [0.05, 0.1) is 18.8 Å². The summed E-state index contributed by atoms with van der Waals surface area (Å²) >= 11 is 0. The molecule has 0 saturated carbocycles. The summed E-state index contributed by atoms with van der Waals surface area (Å²) in [4.78, 5) is 60.5. The predicted octanol–water partition coefficient (Wildman–Crippen LogP) is -10.7. The molecule has 0 aliphatic heterocycles. The van der Waals surface area contributed by atoms with Gasteiger partial charge in [-0.1, -0.05) is 0 Å². The van der Waals surface area contributed by atoms with Crippen LogP contribution in [0.25, 0.3) is 0 Å². The molecule has 0 aliphatic carbocycles. The van der Waals surface area contributed by atoms with E-state index in [2.05, 4.69) is 0 Å². The van der Waals surface area contributed by atoms with Crippen molar-refractivity contribution in [2.45, 2.75) is 36.9 Å².